The van der Waals surface area contributed by atoms with E-state index in [1.54, 1.807) is 24.3 Å². The number of benzene rings is 1. The van der Waals surface area contributed by atoms with E-state index in [0.29, 0.717) is 0 Å². The second-order valence-corrected chi connectivity index (χ2v) is 5.95. The minimum atomic E-state index is -4.22. The highest BCUT2D eigenvalue weighted by Crippen LogP contribution is 2.15. The molecule has 0 atom stereocenters. The Kier molecular flexibility index (Phi) is 3.58. The van der Waals surface area contributed by atoms with Crippen LogP contribution in [0.3, 0.4) is 0 Å². The first-order valence-corrected chi connectivity index (χ1v) is 6.55. The Hall–Kier alpha value is -0.963. The number of allylic oxidation sites excluding steroid dienone is 2. The van der Waals surface area contributed by atoms with E-state index in [4.69, 9.17) is 0 Å². The minimum absolute atomic E-state index is 0.0840. The van der Waals surface area contributed by atoms with Crippen molar-refractivity contribution in [1.29, 1.82) is 0 Å². The van der Waals surface area contributed by atoms with Crippen molar-refractivity contribution >= 4 is 13.9 Å². The Morgan fingerprint density at radius 1 is 1.21 bits per heavy atom. The van der Waals surface area contributed by atoms with Crippen LogP contribution < -0.4 is 5.19 Å². The molecule has 1 aromatic rings. The molecule has 0 saturated carbocycles. The first kappa shape index (κ1) is 11.1. The first-order valence-electron chi connectivity index (χ1n) is 4.59. The average molecular weight is 212 g/mol. The Morgan fingerprint density at radius 2 is 1.79 bits per heavy atom. The molecule has 1 rings (SSSR count). The lowest BCUT2D eigenvalue weighted by Crippen LogP contribution is -2.38. The van der Waals surface area contributed by atoms with Crippen molar-refractivity contribution in [2.45, 2.75) is 19.9 Å². The molecule has 0 amide bonds. The van der Waals surface area contributed by atoms with Crippen LogP contribution in [0.2, 0.25) is 6.04 Å². The highest BCUT2D eigenvalue weighted by Gasteiger charge is 2.36. The maximum Gasteiger partial charge on any atom is 0.459 e. The van der Waals surface area contributed by atoms with Crippen LogP contribution in [0.15, 0.2) is 42.0 Å². The molecule has 0 fully saturated rings. The van der Waals surface area contributed by atoms with Crippen LogP contribution in [-0.4, -0.2) is 8.74 Å². The minimum Gasteiger partial charge on any atom is -0.264 e. The summed E-state index contributed by atoms with van der Waals surface area (Å²) in [5, 5.41) is 0.220. The fraction of sp³-hybridized carbons (Fsp3) is 0.273. The summed E-state index contributed by atoms with van der Waals surface area (Å²) in [5.41, 5.74) is 0.952. The highest BCUT2D eigenvalue weighted by atomic mass is 28.4. The van der Waals surface area contributed by atoms with Gasteiger partial charge in [0, 0.05) is 11.2 Å². The summed E-state index contributed by atoms with van der Waals surface area (Å²) < 4.78 is 27.2. The predicted octanol–water partition coefficient (Wildman–Crippen LogP) is 3.24. The summed E-state index contributed by atoms with van der Waals surface area (Å²) in [4.78, 5) is 0. The lowest BCUT2D eigenvalue weighted by molar-refractivity contribution is 0.631. The zero-order valence-corrected chi connectivity index (χ0v) is 9.43. The van der Waals surface area contributed by atoms with Crippen molar-refractivity contribution in [3.63, 3.8) is 0 Å². The van der Waals surface area contributed by atoms with Gasteiger partial charge in [0.25, 0.3) is 0 Å². The van der Waals surface area contributed by atoms with Crippen molar-refractivity contribution in [2.24, 2.45) is 0 Å². The third-order valence-corrected chi connectivity index (χ3v) is 3.86. The lowest BCUT2D eigenvalue weighted by Gasteiger charge is -2.10. The van der Waals surface area contributed by atoms with E-state index in [-0.39, 0.29) is 11.2 Å². The van der Waals surface area contributed by atoms with Gasteiger partial charge in [-0.2, -0.15) is 0 Å². The molecule has 0 radical (unpaired) electrons. The maximum absolute atomic E-state index is 13.6. The van der Waals surface area contributed by atoms with Crippen LogP contribution in [0.5, 0.6) is 0 Å². The third-order valence-electron chi connectivity index (χ3n) is 1.96. The molecule has 0 nitrogen and oxygen atoms in total. The standard InChI is InChI=1S/C11H14F2Si/c1-10(2)8-9-14(12,13)11-6-4-3-5-7-11/h3-8H,9H2,1-2H3. The molecular weight excluding hydrogens is 198 g/mol. The van der Waals surface area contributed by atoms with Crippen molar-refractivity contribution in [3.05, 3.63) is 42.0 Å². The van der Waals surface area contributed by atoms with Crippen molar-refractivity contribution in [2.75, 3.05) is 0 Å². The SMILES string of the molecule is CC(C)=CC[Si](F)(F)c1ccccc1. The largest absolute Gasteiger partial charge is 0.459 e. The summed E-state index contributed by atoms with van der Waals surface area (Å²) in [5.74, 6) is 0. The van der Waals surface area contributed by atoms with E-state index in [0.717, 1.165) is 5.57 Å². The van der Waals surface area contributed by atoms with Crippen molar-refractivity contribution in [3.8, 4) is 0 Å². The van der Waals surface area contributed by atoms with E-state index in [9.17, 15) is 8.22 Å². The van der Waals surface area contributed by atoms with Crippen LogP contribution >= 0.6 is 0 Å². The molecule has 0 aromatic heterocycles. The molecule has 3 heteroatoms. The summed E-state index contributed by atoms with van der Waals surface area (Å²) in [6.07, 6.45) is 1.62. The van der Waals surface area contributed by atoms with Gasteiger partial charge >= 0.3 is 8.74 Å². The number of rotatable bonds is 3. The lowest BCUT2D eigenvalue weighted by atomic mass is 10.3. The van der Waals surface area contributed by atoms with Crippen molar-refractivity contribution in [1.82, 2.24) is 0 Å². The average Bonchev–Trinajstić information content (AvgIpc) is 2.16. The first-order chi connectivity index (χ1) is 6.52. The quantitative estimate of drug-likeness (QED) is 0.410. The molecule has 0 saturated heterocycles. The fourth-order valence-corrected chi connectivity index (χ4v) is 2.71. The fourth-order valence-electron chi connectivity index (χ4n) is 1.13. The zero-order valence-electron chi connectivity index (χ0n) is 8.43. The summed E-state index contributed by atoms with van der Waals surface area (Å²) in [6.45, 7) is 3.69. The highest BCUT2D eigenvalue weighted by molar-refractivity contribution is 6.80. The predicted molar refractivity (Wildman–Crippen MR) is 58.3 cm³/mol. The molecule has 76 valence electrons. The smallest absolute Gasteiger partial charge is 0.264 e. The van der Waals surface area contributed by atoms with E-state index >= 15 is 0 Å². The second kappa shape index (κ2) is 4.51. The molecule has 0 N–H and O–H groups in total. The molecule has 0 aliphatic carbocycles. The summed E-state index contributed by atoms with van der Waals surface area (Å²) in [7, 11) is -4.22. The zero-order chi connectivity index (χ0) is 10.6. The van der Waals surface area contributed by atoms with Gasteiger partial charge in [-0.15, -0.1) is 0 Å². The number of hydrogen-bond acceptors (Lipinski definition) is 0. The van der Waals surface area contributed by atoms with E-state index in [1.807, 2.05) is 13.8 Å². The topological polar surface area (TPSA) is 0 Å². The molecule has 0 aliphatic rings. The molecular formula is C11H14F2Si. The third kappa shape index (κ3) is 3.07. The monoisotopic (exact) mass is 212 g/mol. The van der Waals surface area contributed by atoms with Gasteiger partial charge in [-0.05, 0) is 13.8 Å². The Morgan fingerprint density at radius 3 is 2.29 bits per heavy atom. The van der Waals surface area contributed by atoms with Crippen LogP contribution in [0.1, 0.15) is 13.8 Å². The molecule has 1 aromatic carbocycles. The molecule has 0 heterocycles. The molecule has 0 bridgehead atoms. The number of hydrogen-bond donors (Lipinski definition) is 0. The van der Waals surface area contributed by atoms with Gasteiger partial charge in [-0.25, -0.2) is 0 Å². The molecule has 0 spiro atoms. The molecule has 14 heavy (non-hydrogen) atoms. The Bertz CT molecular complexity index is 313. The van der Waals surface area contributed by atoms with Gasteiger partial charge in [0.05, 0.1) is 0 Å². The van der Waals surface area contributed by atoms with Crippen LogP contribution in [0.4, 0.5) is 8.22 Å². The summed E-state index contributed by atoms with van der Waals surface area (Å²) in [6, 6.07) is 8.04. The van der Waals surface area contributed by atoms with E-state index in [2.05, 4.69) is 0 Å². The van der Waals surface area contributed by atoms with Gasteiger partial charge in [-0.1, -0.05) is 42.0 Å². The maximum atomic E-state index is 13.6. The Balaban J connectivity index is 2.81. The number of halogens is 2. The van der Waals surface area contributed by atoms with Crippen LogP contribution in [0.25, 0.3) is 0 Å². The van der Waals surface area contributed by atoms with Crippen LogP contribution in [0, 0.1) is 0 Å². The van der Waals surface area contributed by atoms with Gasteiger partial charge in [0.1, 0.15) is 0 Å². The van der Waals surface area contributed by atoms with Gasteiger partial charge in [-0.3, -0.25) is 8.22 Å². The van der Waals surface area contributed by atoms with Gasteiger partial charge in [0.15, 0.2) is 0 Å². The Labute approximate surface area is 84.6 Å². The van der Waals surface area contributed by atoms with Gasteiger partial charge in [0.2, 0.25) is 0 Å². The normalized spacial score (nSPS) is 11.1. The molecule has 0 unspecified atom stereocenters. The van der Waals surface area contributed by atoms with Crippen LogP contribution in [-0.2, 0) is 0 Å². The van der Waals surface area contributed by atoms with Gasteiger partial charge < -0.3 is 0 Å². The summed E-state index contributed by atoms with van der Waals surface area (Å²) >= 11 is 0. The van der Waals surface area contributed by atoms with E-state index < -0.39 is 8.74 Å². The van der Waals surface area contributed by atoms with Crippen molar-refractivity contribution < 1.29 is 8.22 Å². The van der Waals surface area contributed by atoms with E-state index in [1.165, 1.54) is 12.1 Å². The second-order valence-electron chi connectivity index (χ2n) is 3.56. The molecule has 0 aliphatic heterocycles.